The minimum Gasteiger partial charge on any atom is -0.369 e. The van der Waals surface area contributed by atoms with Crippen LogP contribution in [0.15, 0.2) is 18.2 Å². The van der Waals surface area contributed by atoms with Crippen LogP contribution in [-0.4, -0.2) is 56.2 Å². The van der Waals surface area contributed by atoms with Crippen LogP contribution in [0.4, 0.5) is 5.69 Å². The molecule has 3 rings (SSSR count). The highest BCUT2D eigenvalue weighted by Crippen LogP contribution is 2.40. The Morgan fingerprint density at radius 3 is 2.14 bits per heavy atom. The lowest BCUT2D eigenvalue weighted by molar-refractivity contribution is 0.313. The molecule has 1 saturated heterocycles. The maximum absolute atomic E-state index is 4.76. The van der Waals surface area contributed by atoms with Crippen LogP contribution in [0.3, 0.4) is 0 Å². The van der Waals surface area contributed by atoms with E-state index in [4.69, 9.17) is 4.98 Å². The summed E-state index contributed by atoms with van der Waals surface area (Å²) in [4.78, 5) is 13.1. The molecule has 1 aliphatic rings. The molecule has 0 bridgehead atoms. The Labute approximate surface area is 171 Å². The van der Waals surface area contributed by atoms with E-state index in [-0.39, 0.29) is 0 Å². The Bertz CT molecular complexity index is 842. The number of anilines is 1. The predicted octanol–water partition coefficient (Wildman–Crippen LogP) is 4.88. The zero-order valence-corrected chi connectivity index (χ0v) is 19.6. The number of aromatic amines is 1. The van der Waals surface area contributed by atoms with Crippen molar-refractivity contribution in [1.29, 1.82) is 0 Å². The predicted molar refractivity (Wildman–Crippen MR) is 124 cm³/mol. The first-order valence-corrected chi connectivity index (χ1v) is 12.9. The van der Waals surface area contributed by atoms with Gasteiger partial charge >= 0.3 is 0 Å². The fourth-order valence-electron chi connectivity index (χ4n) is 4.92. The molecule has 0 spiro atoms. The highest BCUT2D eigenvalue weighted by Gasteiger charge is 2.41. The molecule has 0 amide bonds. The molecule has 1 aromatic heterocycles. The summed E-state index contributed by atoms with van der Waals surface area (Å²) >= 11 is 0. The van der Waals surface area contributed by atoms with Gasteiger partial charge < -0.3 is 14.8 Å². The van der Waals surface area contributed by atoms with E-state index in [1.54, 1.807) is 0 Å². The number of piperazine rings is 1. The van der Waals surface area contributed by atoms with Crippen LogP contribution in [0, 0.1) is 11.5 Å². The van der Waals surface area contributed by atoms with Crippen LogP contribution < -0.4 is 4.90 Å². The van der Waals surface area contributed by atoms with Gasteiger partial charge in [0.15, 0.2) is 5.82 Å². The van der Waals surface area contributed by atoms with Gasteiger partial charge in [0.1, 0.15) is 8.07 Å². The highest BCUT2D eigenvalue weighted by molar-refractivity contribution is 6.90. The molecule has 0 aliphatic carbocycles. The summed E-state index contributed by atoms with van der Waals surface area (Å²) in [6, 6.07) is 6.56. The number of nitrogens with one attached hydrogen (secondary N) is 1. The number of hydrogen-bond acceptors (Lipinski definition) is 3. The molecule has 152 valence electrons. The normalized spacial score (nSPS) is 16.3. The monoisotopic (exact) mass is 396 g/mol. The Morgan fingerprint density at radius 1 is 0.964 bits per heavy atom. The van der Waals surface area contributed by atoms with E-state index in [0.29, 0.717) is 16.6 Å². The fraction of sp³-hybridized carbons (Fsp3) is 0.609. The molecule has 2 heterocycles. The molecule has 1 aliphatic heterocycles. The smallest absolute Gasteiger partial charge is 0.183 e. The standard InChI is InChI=1S/C23H36N4Si/c1-17(2)28(18(3)4,19(5)6)15-10-23-24-21-9-8-20(16-22(21)25-23)27-13-11-26(7)12-14-27/h8-9,16-19H,11-14H2,1-7H3,(H,24,25). The second kappa shape index (κ2) is 8.30. The maximum Gasteiger partial charge on any atom is 0.183 e. The van der Waals surface area contributed by atoms with Crippen molar-refractivity contribution in [2.24, 2.45) is 0 Å². The van der Waals surface area contributed by atoms with Crippen molar-refractivity contribution in [3.63, 3.8) is 0 Å². The van der Waals surface area contributed by atoms with Gasteiger partial charge in [0.25, 0.3) is 0 Å². The summed E-state index contributed by atoms with van der Waals surface area (Å²) in [7, 11) is 0.452. The SMILES string of the molecule is CC(C)[Si](C#Cc1nc2ccc(N3CCN(C)CC3)cc2[nH]1)(C(C)C)C(C)C. The van der Waals surface area contributed by atoms with E-state index in [9.17, 15) is 0 Å². The quantitative estimate of drug-likeness (QED) is 0.591. The summed E-state index contributed by atoms with van der Waals surface area (Å²) in [6.07, 6.45) is 0. The lowest BCUT2D eigenvalue weighted by Crippen LogP contribution is -2.44. The van der Waals surface area contributed by atoms with Gasteiger partial charge in [-0.05, 0) is 47.8 Å². The minimum absolute atomic E-state index is 0.633. The molecule has 1 fully saturated rings. The van der Waals surface area contributed by atoms with E-state index in [1.165, 1.54) is 5.69 Å². The second-order valence-electron chi connectivity index (χ2n) is 9.22. The summed E-state index contributed by atoms with van der Waals surface area (Å²) in [5, 5.41) is 0. The molecule has 0 atom stereocenters. The summed E-state index contributed by atoms with van der Waals surface area (Å²) in [5.74, 6) is 4.26. The lowest BCUT2D eigenvalue weighted by atomic mass is 10.2. The topological polar surface area (TPSA) is 35.2 Å². The first-order valence-electron chi connectivity index (χ1n) is 10.7. The van der Waals surface area contributed by atoms with Crippen LogP contribution in [0.5, 0.6) is 0 Å². The lowest BCUT2D eigenvalue weighted by Gasteiger charge is -2.37. The molecular formula is C23H36N4Si. The van der Waals surface area contributed by atoms with E-state index in [0.717, 1.165) is 43.0 Å². The number of hydrogen-bond donors (Lipinski definition) is 1. The number of benzene rings is 1. The van der Waals surface area contributed by atoms with Gasteiger partial charge in [-0.1, -0.05) is 41.5 Å². The average Bonchev–Trinajstić information content (AvgIpc) is 3.04. The van der Waals surface area contributed by atoms with Crippen LogP contribution in [0.2, 0.25) is 16.6 Å². The van der Waals surface area contributed by atoms with Gasteiger partial charge in [-0.2, -0.15) is 0 Å². The van der Waals surface area contributed by atoms with E-state index in [1.807, 2.05) is 0 Å². The Balaban J connectivity index is 1.90. The molecule has 2 aromatic rings. The number of H-pyrrole nitrogens is 1. The fourth-order valence-corrected chi connectivity index (χ4v) is 10.1. The third-order valence-corrected chi connectivity index (χ3v) is 12.9. The number of likely N-dealkylation sites (N-methyl/N-ethyl adjacent to an activating group) is 1. The number of rotatable bonds is 4. The molecule has 0 radical (unpaired) electrons. The van der Waals surface area contributed by atoms with Gasteiger partial charge in [0, 0.05) is 31.9 Å². The van der Waals surface area contributed by atoms with Crippen LogP contribution in [0.25, 0.3) is 11.0 Å². The number of nitrogens with zero attached hydrogens (tertiary/aromatic N) is 3. The van der Waals surface area contributed by atoms with Crippen molar-refractivity contribution in [2.75, 3.05) is 38.1 Å². The Hall–Kier alpha value is -1.77. The zero-order chi connectivity index (χ0) is 20.5. The molecular weight excluding hydrogens is 360 g/mol. The Kier molecular flexibility index (Phi) is 6.21. The third-order valence-electron chi connectivity index (χ3n) is 6.60. The van der Waals surface area contributed by atoms with Crippen molar-refractivity contribution in [3.8, 4) is 11.5 Å². The van der Waals surface area contributed by atoms with Crippen molar-refractivity contribution in [1.82, 2.24) is 14.9 Å². The van der Waals surface area contributed by atoms with Crippen LogP contribution in [-0.2, 0) is 0 Å². The highest BCUT2D eigenvalue weighted by atomic mass is 28.3. The van der Waals surface area contributed by atoms with Crippen molar-refractivity contribution in [2.45, 2.75) is 58.2 Å². The molecule has 0 saturated carbocycles. The summed E-state index contributed by atoms with van der Waals surface area (Å²) in [5.41, 5.74) is 9.04. The number of aromatic nitrogens is 2. The molecule has 0 unspecified atom stereocenters. The van der Waals surface area contributed by atoms with Crippen LogP contribution in [0.1, 0.15) is 47.4 Å². The average molecular weight is 397 g/mol. The number of fused-ring (bicyclic) bond motifs is 1. The van der Waals surface area contributed by atoms with Crippen molar-refractivity contribution >= 4 is 24.8 Å². The van der Waals surface area contributed by atoms with Gasteiger partial charge in [-0.25, -0.2) is 4.98 Å². The van der Waals surface area contributed by atoms with Crippen LogP contribution >= 0.6 is 0 Å². The molecule has 1 N–H and O–H groups in total. The van der Waals surface area contributed by atoms with E-state index >= 15 is 0 Å². The summed E-state index contributed by atoms with van der Waals surface area (Å²) in [6.45, 7) is 18.5. The minimum atomic E-state index is -1.74. The van der Waals surface area contributed by atoms with Gasteiger partial charge in [0.2, 0.25) is 0 Å². The molecule has 5 heteroatoms. The maximum atomic E-state index is 4.76. The molecule has 4 nitrogen and oxygen atoms in total. The summed E-state index contributed by atoms with van der Waals surface area (Å²) < 4.78 is 0. The van der Waals surface area contributed by atoms with E-state index in [2.05, 4.69) is 93.0 Å². The largest absolute Gasteiger partial charge is 0.369 e. The van der Waals surface area contributed by atoms with Crippen molar-refractivity contribution in [3.05, 3.63) is 24.0 Å². The van der Waals surface area contributed by atoms with Crippen molar-refractivity contribution < 1.29 is 0 Å². The number of imidazole rings is 1. The Morgan fingerprint density at radius 2 is 1.57 bits per heavy atom. The molecule has 28 heavy (non-hydrogen) atoms. The second-order valence-corrected chi connectivity index (χ2v) is 14.8. The van der Waals surface area contributed by atoms with E-state index < -0.39 is 8.07 Å². The van der Waals surface area contributed by atoms with Gasteiger partial charge in [-0.15, -0.1) is 5.54 Å². The first-order chi connectivity index (χ1) is 13.2. The van der Waals surface area contributed by atoms with Gasteiger partial charge in [0.05, 0.1) is 11.0 Å². The van der Waals surface area contributed by atoms with Gasteiger partial charge in [-0.3, -0.25) is 0 Å². The zero-order valence-electron chi connectivity index (χ0n) is 18.6. The molecule has 1 aromatic carbocycles. The third kappa shape index (κ3) is 3.99. The first kappa shape index (κ1) is 20.9.